The van der Waals surface area contributed by atoms with Crippen molar-refractivity contribution in [3.05, 3.63) is 47.7 Å². The molecule has 25 heavy (non-hydrogen) atoms. The second-order valence-corrected chi connectivity index (χ2v) is 8.14. The van der Waals surface area contributed by atoms with Crippen molar-refractivity contribution < 1.29 is 0 Å². The SMILES string of the molecule is C=C([C@H](C)Cc1cccc(C)c1)N1CCN(C2CCN(C)CC2)CC1. The number of rotatable bonds is 5. The lowest BCUT2D eigenvalue weighted by Crippen LogP contribution is -2.52. The van der Waals surface area contributed by atoms with Gasteiger partial charge in [0.1, 0.15) is 0 Å². The van der Waals surface area contributed by atoms with Crippen LogP contribution in [0.1, 0.15) is 30.9 Å². The van der Waals surface area contributed by atoms with Gasteiger partial charge < -0.3 is 9.80 Å². The molecule has 2 aliphatic heterocycles. The molecule has 0 radical (unpaired) electrons. The number of benzene rings is 1. The molecule has 1 atom stereocenters. The van der Waals surface area contributed by atoms with Crippen LogP contribution in [0.2, 0.25) is 0 Å². The fourth-order valence-electron chi connectivity index (χ4n) is 4.36. The van der Waals surface area contributed by atoms with E-state index in [9.17, 15) is 0 Å². The quantitative estimate of drug-likeness (QED) is 0.813. The maximum absolute atomic E-state index is 4.45. The lowest BCUT2D eigenvalue weighted by Gasteiger charge is -2.44. The Bertz CT molecular complexity index is 566. The molecule has 1 aromatic rings. The molecule has 0 spiro atoms. The summed E-state index contributed by atoms with van der Waals surface area (Å²) in [7, 11) is 2.24. The van der Waals surface area contributed by atoms with E-state index < -0.39 is 0 Å². The third-order valence-corrected chi connectivity index (χ3v) is 6.12. The Morgan fingerprint density at radius 2 is 1.80 bits per heavy atom. The van der Waals surface area contributed by atoms with Crippen LogP contribution in [-0.2, 0) is 6.42 Å². The minimum atomic E-state index is 0.511. The number of likely N-dealkylation sites (tertiary alicyclic amines) is 1. The summed E-state index contributed by atoms with van der Waals surface area (Å²) in [5, 5.41) is 0. The van der Waals surface area contributed by atoms with E-state index in [-0.39, 0.29) is 0 Å². The first kappa shape index (κ1) is 18.5. The van der Waals surface area contributed by atoms with Gasteiger partial charge in [-0.05, 0) is 57.8 Å². The topological polar surface area (TPSA) is 9.72 Å². The van der Waals surface area contributed by atoms with Gasteiger partial charge in [0.05, 0.1) is 0 Å². The van der Waals surface area contributed by atoms with Crippen LogP contribution in [-0.4, -0.2) is 67.1 Å². The van der Waals surface area contributed by atoms with Gasteiger partial charge in [0.25, 0.3) is 0 Å². The van der Waals surface area contributed by atoms with E-state index in [1.165, 1.54) is 55.8 Å². The van der Waals surface area contributed by atoms with E-state index in [1.54, 1.807) is 0 Å². The first-order valence-corrected chi connectivity index (χ1v) is 9.95. The van der Waals surface area contributed by atoms with Crippen LogP contribution < -0.4 is 0 Å². The normalized spacial score (nSPS) is 22.1. The van der Waals surface area contributed by atoms with Crippen molar-refractivity contribution in [2.24, 2.45) is 5.92 Å². The van der Waals surface area contributed by atoms with E-state index in [4.69, 9.17) is 0 Å². The number of hydrogen-bond acceptors (Lipinski definition) is 3. The highest BCUT2D eigenvalue weighted by atomic mass is 15.3. The molecular weight excluding hydrogens is 306 g/mol. The van der Waals surface area contributed by atoms with Crippen molar-refractivity contribution in [3.63, 3.8) is 0 Å². The molecular formula is C22H35N3. The van der Waals surface area contributed by atoms with Crippen LogP contribution in [0.4, 0.5) is 0 Å². The van der Waals surface area contributed by atoms with Crippen LogP contribution in [0.3, 0.4) is 0 Å². The molecule has 3 nitrogen and oxygen atoms in total. The fraction of sp³-hybridized carbons (Fsp3) is 0.636. The average Bonchev–Trinajstić information content (AvgIpc) is 2.62. The van der Waals surface area contributed by atoms with Gasteiger partial charge in [-0.25, -0.2) is 0 Å². The Labute approximate surface area is 154 Å². The molecule has 1 aromatic carbocycles. The van der Waals surface area contributed by atoms with Crippen molar-refractivity contribution >= 4 is 0 Å². The highest BCUT2D eigenvalue weighted by Gasteiger charge is 2.27. The molecule has 0 unspecified atom stereocenters. The number of piperazine rings is 1. The fourth-order valence-corrected chi connectivity index (χ4v) is 4.36. The predicted molar refractivity (Wildman–Crippen MR) is 107 cm³/mol. The summed E-state index contributed by atoms with van der Waals surface area (Å²) in [6.45, 7) is 16.1. The summed E-state index contributed by atoms with van der Waals surface area (Å²) in [4.78, 5) is 7.72. The summed E-state index contributed by atoms with van der Waals surface area (Å²) in [6.07, 6.45) is 3.76. The monoisotopic (exact) mass is 341 g/mol. The lowest BCUT2D eigenvalue weighted by atomic mass is 9.96. The zero-order valence-electron chi connectivity index (χ0n) is 16.4. The van der Waals surface area contributed by atoms with E-state index >= 15 is 0 Å². The summed E-state index contributed by atoms with van der Waals surface area (Å²) in [5.41, 5.74) is 4.10. The molecule has 2 aliphatic rings. The molecule has 2 fully saturated rings. The standard InChI is InChI=1S/C22H35N3/c1-18-6-5-7-21(16-18)17-19(2)20(3)24-12-14-25(15-13-24)22-8-10-23(4)11-9-22/h5-7,16,19,22H,3,8-15,17H2,1-2,4H3/t19-/m1/s1. The van der Waals surface area contributed by atoms with Crippen molar-refractivity contribution in [2.45, 2.75) is 39.2 Å². The van der Waals surface area contributed by atoms with Gasteiger partial charge >= 0.3 is 0 Å². The summed E-state index contributed by atoms with van der Waals surface area (Å²) in [5.74, 6) is 0.511. The molecule has 0 aromatic heterocycles. The molecule has 0 saturated carbocycles. The first-order valence-electron chi connectivity index (χ1n) is 9.95. The van der Waals surface area contributed by atoms with E-state index in [1.807, 2.05) is 0 Å². The second-order valence-electron chi connectivity index (χ2n) is 8.14. The number of piperidine rings is 1. The molecule has 3 heteroatoms. The Hall–Kier alpha value is -1.32. The zero-order chi connectivity index (χ0) is 17.8. The van der Waals surface area contributed by atoms with E-state index in [2.05, 4.69) is 66.4 Å². The number of aryl methyl sites for hydroxylation is 1. The number of hydrogen-bond donors (Lipinski definition) is 0. The summed E-state index contributed by atoms with van der Waals surface area (Å²) in [6, 6.07) is 9.69. The van der Waals surface area contributed by atoms with E-state index in [0.29, 0.717) is 5.92 Å². The maximum Gasteiger partial charge on any atom is 0.0303 e. The van der Waals surface area contributed by atoms with Gasteiger partial charge in [-0.3, -0.25) is 4.90 Å². The van der Waals surface area contributed by atoms with Crippen molar-refractivity contribution in [3.8, 4) is 0 Å². The number of allylic oxidation sites excluding steroid dienone is 1. The smallest absolute Gasteiger partial charge is 0.0303 e. The van der Waals surface area contributed by atoms with Crippen LogP contribution >= 0.6 is 0 Å². The highest BCUT2D eigenvalue weighted by molar-refractivity contribution is 5.23. The Morgan fingerprint density at radius 3 is 2.44 bits per heavy atom. The molecule has 0 aliphatic carbocycles. The van der Waals surface area contributed by atoms with E-state index in [0.717, 1.165) is 25.6 Å². The average molecular weight is 342 g/mol. The Kier molecular flexibility index (Phi) is 6.19. The molecule has 3 rings (SSSR count). The summed E-state index contributed by atoms with van der Waals surface area (Å²) < 4.78 is 0. The number of nitrogens with zero attached hydrogens (tertiary/aromatic N) is 3. The van der Waals surface area contributed by atoms with Crippen molar-refractivity contribution in [1.29, 1.82) is 0 Å². The lowest BCUT2D eigenvalue weighted by molar-refractivity contribution is 0.0733. The third-order valence-electron chi connectivity index (χ3n) is 6.12. The molecule has 2 saturated heterocycles. The zero-order valence-corrected chi connectivity index (χ0v) is 16.4. The van der Waals surface area contributed by atoms with Crippen molar-refractivity contribution in [2.75, 3.05) is 46.3 Å². The van der Waals surface area contributed by atoms with Crippen LogP contribution in [0.25, 0.3) is 0 Å². The first-order chi connectivity index (χ1) is 12.0. The molecule has 2 heterocycles. The Balaban J connectivity index is 1.47. The molecule has 138 valence electrons. The van der Waals surface area contributed by atoms with Gasteiger partial charge in [0.15, 0.2) is 0 Å². The van der Waals surface area contributed by atoms with Crippen LogP contribution in [0, 0.1) is 12.8 Å². The molecule has 0 amide bonds. The van der Waals surface area contributed by atoms with Gasteiger partial charge in [-0.1, -0.05) is 43.3 Å². The van der Waals surface area contributed by atoms with Crippen LogP contribution in [0.15, 0.2) is 36.5 Å². The Morgan fingerprint density at radius 1 is 1.12 bits per heavy atom. The maximum atomic E-state index is 4.45. The van der Waals surface area contributed by atoms with Gasteiger partial charge in [-0.15, -0.1) is 0 Å². The molecule has 0 bridgehead atoms. The van der Waals surface area contributed by atoms with Gasteiger partial charge in [-0.2, -0.15) is 0 Å². The van der Waals surface area contributed by atoms with Crippen LogP contribution in [0.5, 0.6) is 0 Å². The highest BCUT2D eigenvalue weighted by Crippen LogP contribution is 2.23. The van der Waals surface area contributed by atoms with Gasteiger partial charge in [0.2, 0.25) is 0 Å². The van der Waals surface area contributed by atoms with Gasteiger partial charge in [0, 0.05) is 37.9 Å². The van der Waals surface area contributed by atoms with Crippen molar-refractivity contribution in [1.82, 2.24) is 14.7 Å². The molecule has 0 N–H and O–H groups in total. The second kappa shape index (κ2) is 8.37. The minimum absolute atomic E-state index is 0.511. The largest absolute Gasteiger partial charge is 0.372 e. The summed E-state index contributed by atoms with van der Waals surface area (Å²) >= 11 is 0. The predicted octanol–water partition coefficient (Wildman–Crippen LogP) is 3.40. The third kappa shape index (κ3) is 4.86. The minimum Gasteiger partial charge on any atom is -0.372 e.